The summed E-state index contributed by atoms with van der Waals surface area (Å²) in [4.78, 5) is 6.80. The summed E-state index contributed by atoms with van der Waals surface area (Å²) in [6.07, 6.45) is 6.47. The summed E-state index contributed by atoms with van der Waals surface area (Å²) in [5.74, 6) is 0.647. The zero-order valence-electron chi connectivity index (χ0n) is 11.8. The number of imidazole rings is 1. The van der Waals surface area contributed by atoms with Crippen LogP contribution in [0.15, 0.2) is 12.5 Å². The number of likely N-dealkylation sites (tertiary alicyclic amines) is 1. The molecule has 2 N–H and O–H groups in total. The largest absolute Gasteiger partial charge is 0.331 e. The topological polar surface area (TPSA) is 47.1 Å². The van der Waals surface area contributed by atoms with E-state index in [1.807, 2.05) is 12.5 Å². The van der Waals surface area contributed by atoms with Crippen molar-refractivity contribution < 1.29 is 0 Å². The number of nitrogens with zero attached hydrogens (tertiary/aromatic N) is 3. The SMILES string of the molecule is CC(N)C1CCCN(Cc2cncn2C(C)C)C1. The normalized spacial score (nSPS) is 23.5. The number of aromatic nitrogens is 2. The second kappa shape index (κ2) is 5.85. The summed E-state index contributed by atoms with van der Waals surface area (Å²) in [6.45, 7) is 9.85. The second-order valence-corrected chi connectivity index (χ2v) is 5.88. The minimum absolute atomic E-state index is 0.308. The molecule has 2 atom stereocenters. The minimum atomic E-state index is 0.308. The maximum absolute atomic E-state index is 6.04. The van der Waals surface area contributed by atoms with E-state index in [2.05, 4.69) is 35.2 Å². The van der Waals surface area contributed by atoms with Gasteiger partial charge in [-0.05, 0) is 46.1 Å². The third kappa shape index (κ3) is 3.12. The lowest BCUT2D eigenvalue weighted by Crippen LogP contribution is -2.42. The van der Waals surface area contributed by atoms with Gasteiger partial charge < -0.3 is 10.3 Å². The van der Waals surface area contributed by atoms with Crippen molar-refractivity contribution in [2.75, 3.05) is 13.1 Å². The molecule has 1 aromatic rings. The zero-order chi connectivity index (χ0) is 13.1. The van der Waals surface area contributed by atoms with E-state index in [4.69, 9.17) is 5.73 Å². The smallest absolute Gasteiger partial charge is 0.0951 e. The van der Waals surface area contributed by atoms with Gasteiger partial charge in [0.15, 0.2) is 0 Å². The standard InChI is InChI=1S/C14H26N4/c1-11(2)18-10-16-7-14(18)9-17-6-4-5-13(8-17)12(3)15/h7,10-13H,4-6,8-9,15H2,1-3H3. The Bertz CT molecular complexity index is 370. The summed E-state index contributed by atoms with van der Waals surface area (Å²) in [7, 11) is 0. The number of hydrogen-bond donors (Lipinski definition) is 1. The molecular weight excluding hydrogens is 224 g/mol. The van der Waals surface area contributed by atoms with E-state index in [-0.39, 0.29) is 0 Å². The fourth-order valence-corrected chi connectivity index (χ4v) is 2.81. The van der Waals surface area contributed by atoms with Gasteiger partial charge in [-0.1, -0.05) is 0 Å². The predicted octanol–water partition coefficient (Wildman–Crippen LogP) is 2.02. The molecule has 4 heteroatoms. The lowest BCUT2D eigenvalue weighted by atomic mass is 9.92. The Hall–Kier alpha value is -0.870. The molecule has 2 rings (SSSR count). The molecule has 0 amide bonds. The van der Waals surface area contributed by atoms with Crippen molar-refractivity contribution in [3.05, 3.63) is 18.2 Å². The van der Waals surface area contributed by atoms with Gasteiger partial charge in [0.1, 0.15) is 0 Å². The van der Waals surface area contributed by atoms with Gasteiger partial charge in [0, 0.05) is 31.4 Å². The third-order valence-corrected chi connectivity index (χ3v) is 3.97. The first-order chi connectivity index (χ1) is 8.58. The molecule has 0 aromatic carbocycles. The molecule has 1 fully saturated rings. The zero-order valence-corrected chi connectivity index (χ0v) is 11.8. The van der Waals surface area contributed by atoms with E-state index in [1.54, 1.807) is 0 Å². The highest BCUT2D eigenvalue weighted by Crippen LogP contribution is 2.21. The maximum atomic E-state index is 6.04. The van der Waals surface area contributed by atoms with Crippen molar-refractivity contribution in [1.29, 1.82) is 0 Å². The summed E-state index contributed by atoms with van der Waals surface area (Å²) in [5.41, 5.74) is 7.35. The average Bonchev–Trinajstić information content (AvgIpc) is 2.77. The van der Waals surface area contributed by atoms with Gasteiger partial charge in [-0.3, -0.25) is 4.90 Å². The number of hydrogen-bond acceptors (Lipinski definition) is 3. The Balaban J connectivity index is 1.98. The van der Waals surface area contributed by atoms with Gasteiger partial charge in [0.05, 0.1) is 12.0 Å². The van der Waals surface area contributed by atoms with Crippen molar-refractivity contribution in [2.45, 2.75) is 52.2 Å². The molecule has 2 unspecified atom stereocenters. The van der Waals surface area contributed by atoms with Crippen molar-refractivity contribution >= 4 is 0 Å². The monoisotopic (exact) mass is 250 g/mol. The molecule has 1 aliphatic heterocycles. The summed E-state index contributed by atoms with van der Waals surface area (Å²) in [5, 5.41) is 0. The molecular formula is C14H26N4. The Morgan fingerprint density at radius 1 is 1.44 bits per heavy atom. The number of rotatable bonds is 4. The van der Waals surface area contributed by atoms with Crippen molar-refractivity contribution in [2.24, 2.45) is 11.7 Å². The van der Waals surface area contributed by atoms with E-state index >= 15 is 0 Å². The third-order valence-electron chi connectivity index (χ3n) is 3.97. The summed E-state index contributed by atoms with van der Waals surface area (Å²) in [6, 6.07) is 0.791. The molecule has 0 spiro atoms. The minimum Gasteiger partial charge on any atom is -0.331 e. The molecule has 1 aliphatic rings. The Labute approximate surface area is 110 Å². The number of piperidine rings is 1. The van der Waals surface area contributed by atoms with Crippen LogP contribution in [-0.4, -0.2) is 33.6 Å². The van der Waals surface area contributed by atoms with Gasteiger partial charge in [0.2, 0.25) is 0 Å². The highest BCUT2D eigenvalue weighted by atomic mass is 15.2. The number of nitrogens with two attached hydrogens (primary N) is 1. The van der Waals surface area contributed by atoms with E-state index in [0.717, 1.165) is 13.1 Å². The van der Waals surface area contributed by atoms with Crippen molar-refractivity contribution in [3.8, 4) is 0 Å². The molecule has 1 aromatic heterocycles. The summed E-state index contributed by atoms with van der Waals surface area (Å²) < 4.78 is 2.26. The molecule has 1 saturated heterocycles. The highest BCUT2D eigenvalue weighted by Gasteiger charge is 2.23. The van der Waals surface area contributed by atoms with Crippen LogP contribution in [0.2, 0.25) is 0 Å². The van der Waals surface area contributed by atoms with Crippen molar-refractivity contribution in [1.82, 2.24) is 14.5 Å². The Morgan fingerprint density at radius 3 is 2.89 bits per heavy atom. The van der Waals surface area contributed by atoms with Gasteiger partial charge in [-0.25, -0.2) is 4.98 Å². The molecule has 2 heterocycles. The van der Waals surface area contributed by atoms with Crippen LogP contribution in [-0.2, 0) is 6.54 Å². The van der Waals surface area contributed by atoms with Crippen LogP contribution in [0.3, 0.4) is 0 Å². The molecule has 0 radical (unpaired) electrons. The maximum Gasteiger partial charge on any atom is 0.0951 e. The van der Waals surface area contributed by atoms with Crippen LogP contribution in [0.25, 0.3) is 0 Å². The van der Waals surface area contributed by atoms with E-state index in [9.17, 15) is 0 Å². The fourth-order valence-electron chi connectivity index (χ4n) is 2.81. The second-order valence-electron chi connectivity index (χ2n) is 5.88. The van der Waals surface area contributed by atoms with Crippen LogP contribution >= 0.6 is 0 Å². The lowest BCUT2D eigenvalue weighted by Gasteiger charge is -2.34. The predicted molar refractivity (Wildman–Crippen MR) is 74.3 cm³/mol. The highest BCUT2D eigenvalue weighted by molar-refractivity contribution is 5.00. The Morgan fingerprint density at radius 2 is 2.22 bits per heavy atom. The van der Waals surface area contributed by atoms with Gasteiger partial charge in [0.25, 0.3) is 0 Å². The fraction of sp³-hybridized carbons (Fsp3) is 0.786. The van der Waals surface area contributed by atoms with Crippen LogP contribution in [0.4, 0.5) is 0 Å². The molecule has 102 valence electrons. The van der Waals surface area contributed by atoms with Crippen LogP contribution < -0.4 is 5.73 Å². The van der Waals surface area contributed by atoms with Crippen LogP contribution in [0.1, 0.15) is 45.3 Å². The van der Waals surface area contributed by atoms with E-state index in [0.29, 0.717) is 18.0 Å². The van der Waals surface area contributed by atoms with Gasteiger partial charge in [-0.2, -0.15) is 0 Å². The first kappa shape index (κ1) is 13.6. The average molecular weight is 250 g/mol. The molecule has 18 heavy (non-hydrogen) atoms. The first-order valence-corrected chi connectivity index (χ1v) is 7.06. The molecule has 4 nitrogen and oxygen atoms in total. The first-order valence-electron chi connectivity index (χ1n) is 7.06. The summed E-state index contributed by atoms with van der Waals surface area (Å²) >= 11 is 0. The molecule has 0 aliphatic carbocycles. The van der Waals surface area contributed by atoms with Gasteiger partial charge in [-0.15, -0.1) is 0 Å². The molecule has 0 bridgehead atoms. The lowest BCUT2D eigenvalue weighted by molar-refractivity contribution is 0.151. The van der Waals surface area contributed by atoms with Crippen LogP contribution in [0, 0.1) is 5.92 Å². The van der Waals surface area contributed by atoms with Crippen molar-refractivity contribution in [3.63, 3.8) is 0 Å². The van der Waals surface area contributed by atoms with Crippen LogP contribution in [0.5, 0.6) is 0 Å². The van der Waals surface area contributed by atoms with E-state index < -0.39 is 0 Å². The Kier molecular flexibility index (Phi) is 4.40. The quantitative estimate of drug-likeness (QED) is 0.889. The molecule has 0 saturated carbocycles. The van der Waals surface area contributed by atoms with Gasteiger partial charge >= 0.3 is 0 Å². The van der Waals surface area contributed by atoms with E-state index in [1.165, 1.54) is 25.1 Å².